The molecule has 7 heteroatoms. The fraction of sp³-hybridized carbons (Fsp3) is 0.562. The van der Waals surface area contributed by atoms with E-state index in [2.05, 4.69) is 4.72 Å². The lowest BCUT2D eigenvalue weighted by molar-refractivity contribution is -0.148. The van der Waals surface area contributed by atoms with Gasteiger partial charge in [0.15, 0.2) is 0 Å². The number of carbonyl (C=O) groups is 1. The maximum atomic E-state index is 12.8. The molecule has 126 valence electrons. The fourth-order valence-corrected chi connectivity index (χ4v) is 5.52. The van der Waals surface area contributed by atoms with Gasteiger partial charge < -0.3 is 9.47 Å². The van der Waals surface area contributed by atoms with E-state index < -0.39 is 22.0 Å². The summed E-state index contributed by atoms with van der Waals surface area (Å²) in [6, 6.07) is 6.06. The molecule has 1 aromatic rings. The van der Waals surface area contributed by atoms with Crippen molar-refractivity contribution in [1.29, 1.82) is 0 Å². The molecular weight excluding hydrogens is 318 g/mol. The largest absolute Gasteiger partial charge is 0.495 e. The van der Waals surface area contributed by atoms with Crippen molar-refractivity contribution >= 4 is 16.0 Å². The van der Waals surface area contributed by atoms with Gasteiger partial charge in [0, 0.05) is 6.04 Å². The zero-order valence-electron chi connectivity index (χ0n) is 13.2. The zero-order chi connectivity index (χ0) is 16.6. The summed E-state index contributed by atoms with van der Waals surface area (Å²) in [6.45, 7) is 0. The third-order valence-corrected chi connectivity index (χ3v) is 6.54. The van der Waals surface area contributed by atoms with Crippen LogP contribution in [0.4, 0.5) is 0 Å². The van der Waals surface area contributed by atoms with Crippen LogP contribution in [0, 0.1) is 17.8 Å². The van der Waals surface area contributed by atoms with Crippen molar-refractivity contribution in [3.63, 3.8) is 0 Å². The Kier molecular flexibility index (Phi) is 4.33. The minimum atomic E-state index is -3.77. The predicted octanol–water partition coefficient (Wildman–Crippen LogP) is 1.56. The second-order valence-electron chi connectivity index (χ2n) is 6.18. The van der Waals surface area contributed by atoms with Crippen molar-refractivity contribution in [3.05, 3.63) is 24.3 Å². The van der Waals surface area contributed by atoms with E-state index in [0.717, 1.165) is 19.3 Å². The first-order valence-corrected chi connectivity index (χ1v) is 9.19. The molecular formula is C16H21NO5S. The third-order valence-electron chi connectivity index (χ3n) is 5.04. The number of para-hydroxylation sites is 1. The monoisotopic (exact) mass is 339 g/mol. The lowest BCUT2D eigenvalue weighted by Crippen LogP contribution is -2.47. The minimum Gasteiger partial charge on any atom is -0.495 e. The van der Waals surface area contributed by atoms with Gasteiger partial charge in [0.05, 0.1) is 20.1 Å². The quantitative estimate of drug-likeness (QED) is 0.823. The molecule has 0 unspecified atom stereocenters. The van der Waals surface area contributed by atoms with Crippen molar-refractivity contribution < 1.29 is 22.7 Å². The molecule has 0 radical (unpaired) electrons. The molecule has 2 saturated carbocycles. The summed E-state index contributed by atoms with van der Waals surface area (Å²) in [7, 11) is -0.985. The van der Waals surface area contributed by atoms with Crippen LogP contribution in [0.25, 0.3) is 0 Å². The predicted molar refractivity (Wildman–Crippen MR) is 83.4 cm³/mol. The van der Waals surface area contributed by atoms with Crippen molar-refractivity contribution in [1.82, 2.24) is 4.72 Å². The maximum Gasteiger partial charge on any atom is 0.310 e. The third kappa shape index (κ3) is 2.83. The Morgan fingerprint density at radius 1 is 1.17 bits per heavy atom. The van der Waals surface area contributed by atoms with Crippen LogP contribution in [0.1, 0.15) is 19.3 Å². The van der Waals surface area contributed by atoms with E-state index >= 15 is 0 Å². The number of ether oxygens (including phenoxy) is 2. The van der Waals surface area contributed by atoms with Crippen LogP contribution in [0.2, 0.25) is 0 Å². The van der Waals surface area contributed by atoms with Crippen LogP contribution >= 0.6 is 0 Å². The summed E-state index contributed by atoms with van der Waals surface area (Å²) in [6.07, 6.45) is 2.77. The molecule has 2 aliphatic carbocycles. The van der Waals surface area contributed by atoms with E-state index in [1.165, 1.54) is 20.3 Å². The maximum absolute atomic E-state index is 12.8. The second-order valence-corrected chi connectivity index (χ2v) is 7.86. The van der Waals surface area contributed by atoms with Crippen LogP contribution in [0.5, 0.6) is 5.75 Å². The highest BCUT2D eigenvalue weighted by Crippen LogP contribution is 2.49. The van der Waals surface area contributed by atoms with Gasteiger partial charge in [0.25, 0.3) is 0 Å². The molecule has 0 heterocycles. The molecule has 6 nitrogen and oxygen atoms in total. The molecule has 0 aromatic heterocycles. The Bertz CT molecular complexity index is 702. The normalized spacial score (nSPS) is 29.5. The van der Waals surface area contributed by atoms with Gasteiger partial charge in [-0.15, -0.1) is 0 Å². The van der Waals surface area contributed by atoms with E-state index in [9.17, 15) is 13.2 Å². The summed E-state index contributed by atoms with van der Waals surface area (Å²) in [4.78, 5) is 12.2. The molecule has 0 spiro atoms. The van der Waals surface area contributed by atoms with Gasteiger partial charge in [0.1, 0.15) is 10.6 Å². The first-order chi connectivity index (χ1) is 11.0. The standard InChI is InChI=1S/C16H21NO5S/c1-21-12-5-3-4-6-13(12)23(19,20)17-15-11-8-7-10(9-11)14(15)16(18)22-2/h3-6,10-11,14-15,17H,7-9H2,1-2H3/t10-,11-,14+,15+/m0/s1. The van der Waals surface area contributed by atoms with Crippen LogP contribution in [-0.4, -0.2) is 34.6 Å². The average molecular weight is 339 g/mol. The molecule has 3 rings (SSSR count). The van der Waals surface area contributed by atoms with Gasteiger partial charge in [-0.1, -0.05) is 12.1 Å². The van der Waals surface area contributed by atoms with E-state index in [0.29, 0.717) is 0 Å². The summed E-state index contributed by atoms with van der Waals surface area (Å²) >= 11 is 0. The lowest BCUT2D eigenvalue weighted by atomic mass is 9.85. The van der Waals surface area contributed by atoms with Gasteiger partial charge in [-0.3, -0.25) is 4.79 Å². The van der Waals surface area contributed by atoms with Crippen LogP contribution in [0.15, 0.2) is 29.2 Å². The first kappa shape index (κ1) is 16.3. The Morgan fingerprint density at radius 3 is 2.57 bits per heavy atom. The van der Waals surface area contributed by atoms with Gasteiger partial charge in [-0.2, -0.15) is 0 Å². The number of carbonyl (C=O) groups excluding carboxylic acids is 1. The topological polar surface area (TPSA) is 81.7 Å². The number of hydrogen-bond acceptors (Lipinski definition) is 5. The van der Waals surface area contributed by atoms with Crippen molar-refractivity contribution in [2.24, 2.45) is 17.8 Å². The number of benzene rings is 1. The smallest absolute Gasteiger partial charge is 0.310 e. The molecule has 23 heavy (non-hydrogen) atoms. The van der Waals surface area contributed by atoms with Crippen LogP contribution < -0.4 is 9.46 Å². The van der Waals surface area contributed by atoms with Gasteiger partial charge in [-0.25, -0.2) is 13.1 Å². The highest BCUT2D eigenvalue weighted by atomic mass is 32.2. The van der Waals surface area contributed by atoms with Crippen LogP contribution in [0.3, 0.4) is 0 Å². The molecule has 4 atom stereocenters. The summed E-state index contributed by atoms with van der Waals surface area (Å²) in [5.74, 6) is -0.0441. The van der Waals surface area contributed by atoms with E-state index in [-0.39, 0.29) is 28.5 Å². The second kappa shape index (κ2) is 6.13. The van der Waals surface area contributed by atoms with Crippen LogP contribution in [-0.2, 0) is 19.6 Å². The highest BCUT2D eigenvalue weighted by molar-refractivity contribution is 7.89. The highest BCUT2D eigenvalue weighted by Gasteiger charge is 2.52. The number of methoxy groups -OCH3 is 2. The number of sulfonamides is 1. The molecule has 1 aromatic carbocycles. The number of rotatable bonds is 5. The number of nitrogens with one attached hydrogen (secondary N) is 1. The summed E-state index contributed by atoms with van der Waals surface area (Å²) in [5.41, 5.74) is 0. The Hall–Kier alpha value is -1.60. The van der Waals surface area contributed by atoms with Gasteiger partial charge >= 0.3 is 5.97 Å². The molecule has 0 saturated heterocycles. The first-order valence-electron chi connectivity index (χ1n) is 7.71. The summed E-state index contributed by atoms with van der Waals surface area (Å²) in [5, 5.41) is 0. The van der Waals surface area contributed by atoms with E-state index in [1.54, 1.807) is 18.2 Å². The van der Waals surface area contributed by atoms with Crippen molar-refractivity contribution in [2.45, 2.75) is 30.2 Å². The molecule has 1 N–H and O–H groups in total. The Balaban J connectivity index is 1.89. The number of fused-ring (bicyclic) bond motifs is 2. The molecule has 0 aliphatic heterocycles. The zero-order valence-corrected chi connectivity index (χ0v) is 14.0. The minimum absolute atomic E-state index is 0.0916. The van der Waals surface area contributed by atoms with Crippen molar-refractivity contribution in [3.8, 4) is 5.75 Å². The van der Waals surface area contributed by atoms with Crippen molar-refractivity contribution in [2.75, 3.05) is 14.2 Å². The van der Waals surface area contributed by atoms with E-state index in [1.807, 2.05) is 0 Å². The number of esters is 1. The molecule has 2 bridgehead atoms. The van der Waals surface area contributed by atoms with Gasteiger partial charge in [0.2, 0.25) is 10.0 Å². The Labute approximate surface area is 136 Å². The van der Waals surface area contributed by atoms with Gasteiger partial charge in [-0.05, 0) is 43.2 Å². The van der Waals surface area contributed by atoms with E-state index in [4.69, 9.17) is 9.47 Å². The average Bonchev–Trinajstić information content (AvgIpc) is 3.15. The Morgan fingerprint density at radius 2 is 1.87 bits per heavy atom. The SMILES string of the molecule is COC(=O)[C@@H]1[C@H]2CC[C@@H](C2)[C@H]1NS(=O)(=O)c1ccccc1OC. The molecule has 2 aliphatic rings. The number of hydrogen-bond donors (Lipinski definition) is 1. The summed E-state index contributed by atoms with van der Waals surface area (Å²) < 4.78 is 38.3. The molecule has 2 fully saturated rings. The molecule has 0 amide bonds. The lowest BCUT2D eigenvalue weighted by Gasteiger charge is -2.29. The fourth-order valence-electron chi connectivity index (χ4n) is 4.02.